The van der Waals surface area contributed by atoms with Crippen LogP contribution in [0.3, 0.4) is 0 Å². The van der Waals surface area contributed by atoms with Gasteiger partial charge >= 0.3 is 5.97 Å². The van der Waals surface area contributed by atoms with E-state index in [9.17, 15) is 4.79 Å². The number of nitrogens with one attached hydrogen (secondary N) is 1. The molecule has 0 atom stereocenters. The molecule has 8 nitrogen and oxygen atoms in total. The highest BCUT2D eigenvalue weighted by molar-refractivity contribution is 5.93. The lowest BCUT2D eigenvalue weighted by Crippen LogP contribution is -2.09. The summed E-state index contributed by atoms with van der Waals surface area (Å²) in [5.74, 6) is 0.338. The van der Waals surface area contributed by atoms with E-state index in [1.807, 2.05) is 11.3 Å². The van der Waals surface area contributed by atoms with Crippen LogP contribution in [0.2, 0.25) is 0 Å². The molecule has 0 aliphatic carbocycles. The summed E-state index contributed by atoms with van der Waals surface area (Å²) < 4.78 is 1.87. The standard InChI is InChI=1S/C15H18N6O2/c1-9-19-20-14-13(17-7-3-2-6-16)18-11-8-10(15(22)23)4-5-12(11)21(9)14/h4-5,8H,2-3,6-7,16H2,1H3,(H,17,18)(H,22,23). The van der Waals surface area contributed by atoms with Crippen LogP contribution in [-0.2, 0) is 0 Å². The zero-order chi connectivity index (χ0) is 16.4. The van der Waals surface area contributed by atoms with E-state index >= 15 is 0 Å². The van der Waals surface area contributed by atoms with Crippen LogP contribution in [0.1, 0.15) is 29.0 Å². The van der Waals surface area contributed by atoms with Crippen molar-refractivity contribution in [2.75, 3.05) is 18.4 Å². The molecule has 0 unspecified atom stereocenters. The Hall–Kier alpha value is -2.74. The molecule has 0 spiro atoms. The number of nitrogens with zero attached hydrogens (tertiary/aromatic N) is 4. The Kier molecular flexibility index (Phi) is 4.07. The minimum absolute atomic E-state index is 0.198. The van der Waals surface area contributed by atoms with Crippen molar-refractivity contribution in [1.29, 1.82) is 0 Å². The van der Waals surface area contributed by atoms with Crippen molar-refractivity contribution in [3.8, 4) is 0 Å². The molecule has 2 aromatic heterocycles. The molecule has 2 heterocycles. The number of aromatic carboxylic acids is 1. The molecule has 3 aromatic rings. The maximum Gasteiger partial charge on any atom is 0.335 e. The van der Waals surface area contributed by atoms with Crippen LogP contribution in [0.4, 0.5) is 5.82 Å². The number of hydrogen-bond acceptors (Lipinski definition) is 6. The lowest BCUT2D eigenvalue weighted by atomic mass is 10.2. The zero-order valence-electron chi connectivity index (χ0n) is 12.8. The topological polar surface area (TPSA) is 118 Å². The Bertz CT molecular complexity index is 873. The fourth-order valence-electron chi connectivity index (χ4n) is 2.50. The first-order valence-electron chi connectivity index (χ1n) is 7.44. The van der Waals surface area contributed by atoms with Gasteiger partial charge in [0.05, 0.1) is 16.6 Å². The Morgan fingerprint density at radius 2 is 2.17 bits per heavy atom. The van der Waals surface area contributed by atoms with Gasteiger partial charge in [-0.3, -0.25) is 4.40 Å². The van der Waals surface area contributed by atoms with Gasteiger partial charge in [0.1, 0.15) is 5.82 Å². The number of carbonyl (C=O) groups is 1. The molecule has 8 heteroatoms. The Morgan fingerprint density at radius 3 is 2.91 bits per heavy atom. The van der Waals surface area contributed by atoms with Crippen LogP contribution >= 0.6 is 0 Å². The normalized spacial score (nSPS) is 11.2. The number of aromatic nitrogens is 4. The van der Waals surface area contributed by atoms with Crippen LogP contribution in [0, 0.1) is 6.92 Å². The molecule has 0 saturated heterocycles. The predicted octanol–water partition coefficient (Wildman–Crippen LogP) is 1.43. The number of aryl methyl sites for hydroxylation is 1. The molecule has 1 aromatic carbocycles. The van der Waals surface area contributed by atoms with E-state index in [2.05, 4.69) is 20.5 Å². The summed E-state index contributed by atoms with van der Waals surface area (Å²) in [6, 6.07) is 4.84. The number of unbranched alkanes of at least 4 members (excludes halogenated alkanes) is 1. The first kappa shape index (κ1) is 15.2. The molecular formula is C15H18N6O2. The Morgan fingerprint density at radius 1 is 1.35 bits per heavy atom. The fourth-order valence-corrected chi connectivity index (χ4v) is 2.50. The first-order valence-corrected chi connectivity index (χ1v) is 7.44. The fraction of sp³-hybridized carbons (Fsp3) is 0.333. The van der Waals surface area contributed by atoms with E-state index in [0.717, 1.165) is 30.7 Å². The van der Waals surface area contributed by atoms with E-state index in [1.54, 1.807) is 18.2 Å². The molecule has 0 fully saturated rings. The second-order valence-corrected chi connectivity index (χ2v) is 5.30. The summed E-state index contributed by atoms with van der Waals surface area (Å²) >= 11 is 0. The predicted molar refractivity (Wildman–Crippen MR) is 86.8 cm³/mol. The Balaban J connectivity index is 2.11. The van der Waals surface area contributed by atoms with E-state index in [-0.39, 0.29) is 5.56 Å². The third-order valence-corrected chi connectivity index (χ3v) is 3.66. The number of carboxylic acid groups (broad SMARTS) is 1. The van der Waals surface area contributed by atoms with Gasteiger partial charge in [0.25, 0.3) is 0 Å². The van der Waals surface area contributed by atoms with Gasteiger partial charge in [-0.15, -0.1) is 10.2 Å². The number of benzene rings is 1. The van der Waals surface area contributed by atoms with E-state index < -0.39 is 5.97 Å². The average Bonchev–Trinajstić information content (AvgIpc) is 2.93. The molecule has 0 aliphatic rings. The molecule has 0 bridgehead atoms. The largest absolute Gasteiger partial charge is 0.478 e. The molecule has 23 heavy (non-hydrogen) atoms. The highest BCUT2D eigenvalue weighted by Gasteiger charge is 2.14. The quantitative estimate of drug-likeness (QED) is 0.589. The van der Waals surface area contributed by atoms with Crippen molar-refractivity contribution in [1.82, 2.24) is 19.6 Å². The molecule has 0 radical (unpaired) electrons. The maximum absolute atomic E-state index is 11.2. The van der Waals surface area contributed by atoms with Gasteiger partial charge in [-0.05, 0) is 44.5 Å². The Labute approximate surface area is 132 Å². The first-order chi connectivity index (χ1) is 11.1. The van der Waals surface area contributed by atoms with Gasteiger partial charge in [-0.2, -0.15) is 0 Å². The van der Waals surface area contributed by atoms with Crippen molar-refractivity contribution in [2.45, 2.75) is 19.8 Å². The van der Waals surface area contributed by atoms with Gasteiger partial charge in [-0.25, -0.2) is 9.78 Å². The number of nitrogens with two attached hydrogens (primary N) is 1. The highest BCUT2D eigenvalue weighted by Crippen LogP contribution is 2.22. The summed E-state index contributed by atoms with van der Waals surface area (Å²) in [6.07, 6.45) is 1.84. The molecule has 0 amide bonds. The van der Waals surface area contributed by atoms with Crippen LogP contribution < -0.4 is 11.1 Å². The molecule has 120 valence electrons. The van der Waals surface area contributed by atoms with E-state index in [4.69, 9.17) is 10.8 Å². The maximum atomic E-state index is 11.2. The van der Waals surface area contributed by atoms with Gasteiger partial charge in [0.2, 0.25) is 5.65 Å². The SMILES string of the molecule is Cc1nnc2c(NCCCCN)nc3cc(C(=O)O)ccc3n12. The van der Waals surface area contributed by atoms with E-state index in [0.29, 0.717) is 23.5 Å². The van der Waals surface area contributed by atoms with Crippen LogP contribution in [-0.4, -0.2) is 43.7 Å². The summed E-state index contributed by atoms with van der Waals surface area (Å²) in [6.45, 7) is 3.22. The second kappa shape index (κ2) is 6.17. The van der Waals surface area contributed by atoms with Crippen molar-refractivity contribution >= 4 is 28.5 Å². The third kappa shape index (κ3) is 2.80. The van der Waals surface area contributed by atoms with Gasteiger partial charge in [0, 0.05) is 6.54 Å². The number of carboxylic acids is 1. The number of anilines is 1. The smallest absolute Gasteiger partial charge is 0.335 e. The zero-order valence-corrected chi connectivity index (χ0v) is 12.8. The lowest BCUT2D eigenvalue weighted by Gasteiger charge is -2.10. The molecular weight excluding hydrogens is 296 g/mol. The minimum atomic E-state index is -0.980. The van der Waals surface area contributed by atoms with Crippen LogP contribution in [0.5, 0.6) is 0 Å². The number of rotatable bonds is 6. The molecule has 3 rings (SSSR count). The van der Waals surface area contributed by atoms with Crippen molar-refractivity contribution in [3.63, 3.8) is 0 Å². The van der Waals surface area contributed by atoms with Gasteiger partial charge in [-0.1, -0.05) is 0 Å². The van der Waals surface area contributed by atoms with Crippen molar-refractivity contribution < 1.29 is 9.90 Å². The van der Waals surface area contributed by atoms with Gasteiger partial charge < -0.3 is 16.2 Å². The number of hydrogen-bond donors (Lipinski definition) is 3. The van der Waals surface area contributed by atoms with E-state index in [1.165, 1.54) is 0 Å². The summed E-state index contributed by atoms with van der Waals surface area (Å²) in [5, 5.41) is 20.7. The average molecular weight is 314 g/mol. The lowest BCUT2D eigenvalue weighted by molar-refractivity contribution is 0.0697. The minimum Gasteiger partial charge on any atom is -0.478 e. The molecule has 0 saturated carbocycles. The van der Waals surface area contributed by atoms with Crippen LogP contribution in [0.15, 0.2) is 18.2 Å². The van der Waals surface area contributed by atoms with Crippen LogP contribution in [0.25, 0.3) is 16.7 Å². The highest BCUT2D eigenvalue weighted by atomic mass is 16.4. The molecule has 0 aliphatic heterocycles. The molecule has 4 N–H and O–H groups in total. The summed E-state index contributed by atoms with van der Waals surface area (Å²) in [5.41, 5.74) is 7.69. The summed E-state index contributed by atoms with van der Waals surface area (Å²) in [4.78, 5) is 15.7. The van der Waals surface area contributed by atoms with Crippen molar-refractivity contribution in [2.24, 2.45) is 5.73 Å². The van der Waals surface area contributed by atoms with Gasteiger partial charge in [0.15, 0.2) is 5.82 Å². The second-order valence-electron chi connectivity index (χ2n) is 5.30. The summed E-state index contributed by atoms with van der Waals surface area (Å²) in [7, 11) is 0. The van der Waals surface area contributed by atoms with Crippen molar-refractivity contribution in [3.05, 3.63) is 29.6 Å². The monoisotopic (exact) mass is 314 g/mol. The number of fused-ring (bicyclic) bond motifs is 3. The third-order valence-electron chi connectivity index (χ3n) is 3.66.